The third kappa shape index (κ3) is 7.14. The number of carbonyl (C=O) groups is 1. The van der Waals surface area contributed by atoms with Crippen LogP contribution < -0.4 is 5.32 Å². The number of carboxylic acids is 1. The Bertz CT molecular complexity index is 249. The van der Waals surface area contributed by atoms with Gasteiger partial charge in [-0.25, -0.2) is 4.79 Å². The fraction of sp³-hybridized carbons (Fsp3) is 0.750. The zero-order valence-electron chi connectivity index (χ0n) is 10.5. The predicted octanol–water partition coefficient (Wildman–Crippen LogP) is 2.43. The summed E-state index contributed by atoms with van der Waals surface area (Å²) in [4.78, 5) is 10.6. The molecule has 0 aliphatic rings. The molecule has 0 fully saturated rings. The zero-order chi connectivity index (χ0) is 12.3. The summed E-state index contributed by atoms with van der Waals surface area (Å²) in [6.45, 7) is 14.5. The van der Waals surface area contributed by atoms with Crippen LogP contribution in [0.3, 0.4) is 0 Å². The van der Waals surface area contributed by atoms with Crippen molar-refractivity contribution in [2.24, 2.45) is 5.41 Å². The summed E-state index contributed by atoms with van der Waals surface area (Å²) in [5, 5.41) is 11.9. The minimum atomic E-state index is -0.936. The average molecular weight is 213 g/mol. The molecule has 0 heterocycles. The van der Waals surface area contributed by atoms with E-state index < -0.39 is 5.97 Å². The third-order valence-electron chi connectivity index (χ3n) is 2.06. The molecule has 0 aromatic rings. The molecular weight excluding hydrogens is 190 g/mol. The smallest absolute Gasteiger partial charge is 0.332 e. The molecule has 0 aromatic heterocycles. The maximum absolute atomic E-state index is 10.6. The van der Waals surface area contributed by atoms with Gasteiger partial charge in [-0.1, -0.05) is 27.4 Å². The fourth-order valence-corrected chi connectivity index (χ4v) is 1.81. The van der Waals surface area contributed by atoms with Gasteiger partial charge in [-0.2, -0.15) is 0 Å². The van der Waals surface area contributed by atoms with Crippen LogP contribution in [0, 0.1) is 5.41 Å². The molecular formula is C12H23NO2. The Labute approximate surface area is 92.6 Å². The van der Waals surface area contributed by atoms with Crippen molar-refractivity contribution in [2.75, 3.05) is 6.54 Å². The van der Waals surface area contributed by atoms with Crippen molar-refractivity contribution in [2.45, 2.75) is 46.6 Å². The van der Waals surface area contributed by atoms with Gasteiger partial charge in [-0.3, -0.25) is 0 Å². The molecule has 0 amide bonds. The van der Waals surface area contributed by atoms with Gasteiger partial charge in [0, 0.05) is 17.7 Å². The quantitative estimate of drug-likeness (QED) is 0.690. The Morgan fingerprint density at radius 1 is 1.27 bits per heavy atom. The van der Waals surface area contributed by atoms with Crippen molar-refractivity contribution in [3.8, 4) is 0 Å². The van der Waals surface area contributed by atoms with Crippen molar-refractivity contribution in [1.82, 2.24) is 5.32 Å². The van der Waals surface area contributed by atoms with Gasteiger partial charge in [-0.05, 0) is 25.7 Å². The molecule has 0 aromatic carbocycles. The summed E-state index contributed by atoms with van der Waals surface area (Å²) in [5.74, 6) is -0.936. The van der Waals surface area contributed by atoms with Crippen LogP contribution in [0.25, 0.3) is 0 Å². The summed E-state index contributed by atoms with van der Waals surface area (Å²) in [5.41, 5.74) is 0.356. The lowest BCUT2D eigenvalue weighted by molar-refractivity contribution is -0.132. The van der Waals surface area contributed by atoms with Crippen molar-refractivity contribution >= 4 is 5.97 Å². The van der Waals surface area contributed by atoms with Gasteiger partial charge in [-0.15, -0.1) is 0 Å². The van der Waals surface area contributed by atoms with Crippen molar-refractivity contribution in [1.29, 1.82) is 0 Å². The van der Waals surface area contributed by atoms with Crippen LogP contribution in [0.2, 0.25) is 0 Å². The molecule has 88 valence electrons. The van der Waals surface area contributed by atoms with E-state index in [1.807, 2.05) is 0 Å². The molecule has 15 heavy (non-hydrogen) atoms. The molecule has 0 radical (unpaired) electrons. The molecule has 0 unspecified atom stereocenters. The van der Waals surface area contributed by atoms with Gasteiger partial charge in [0.05, 0.1) is 0 Å². The third-order valence-corrected chi connectivity index (χ3v) is 2.06. The van der Waals surface area contributed by atoms with Gasteiger partial charge in [0.15, 0.2) is 0 Å². The minimum Gasteiger partial charge on any atom is -0.478 e. The first kappa shape index (κ1) is 14.2. The first-order valence-corrected chi connectivity index (χ1v) is 5.20. The summed E-state index contributed by atoms with van der Waals surface area (Å²) in [7, 11) is 0. The summed E-state index contributed by atoms with van der Waals surface area (Å²) in [6, 6.07) is 0. The number of nitrogens with one attached hydrogen (secondary N) is 1. The molecule has 0 rings (SSSR count). The van der Waals surface area contributed by atoms with Crippen LogP contribution in [0.5, 0.6) is 0 Å². The van der Waals surface area contributed by atoms with Crippen LogP contribution in [0.15, 0.2) is 12.2 Å². The molecule has 0 bridgehead atoms. The van der Waals surface area contributed by atoms with Crippen LogP contribution in [0.4, 0.5) is 0 Å². The van der Waals surface area contributed by atoms with Crippen LogP contribution in [0.1, 0.15) is 41.0 Å². The molecule has 3 heteroatoms. The lowest BCUT2D eigenvalue weighted by Crippen LogP contribution is -2.43. The molecule has 0 saturated carbocycles. The van der Waals surface area contributed by atoms with E-state index in [0.717, 1.165) is 6.42 Å². The lowest BCUT2D eigenvalue weighted by Gasteiger charge is -2.33. The SMILES string of the molecule is C=C(CNC(C)(C)CC(C)(C)C)C(=O)O. The van der Waals surface area contributed by atoms with Gasteiger partial charge in [0.2, 0.25) is 0 Å². The van der Waals surface area contributed by atoms with E-state index in [-0.39, 0.29) is 16.5 Å². The van der Waals surface area contributed by atoms with Gasteiger partial charge in [0.25, 0.3) is 0 Å². The maximum Gasteiger partial charge on any atom is 0.332 e. The van der Waals surface area contributed by atoms with Gasteiger partial charge < -0.3 is 10.4 Å². The largest absolute Gasteiger partial charge is 0.478 e. The average Bonchev–Trinajstić information content (AvgIpc) is 1.95. The second-order valence-electron chi connectivity index (χ2n) is 5.88. The highest BCUT2D eigenvalue weighted by molar-refractivity contribution is 5.86. The molecule has 2 N–H and O–H groups in total. The highest BCUT2D eigenvalue weighted by atomic mass is 16.4. The molecule has 0 aliphatic carbocycles. The lowest BCUT2D eigenvalue weighted by atomic mass is 9.82. The first-order chi connectivity index (χ1) is 6.53. The highest BCUT2D eigenvalue weighted by Gasteiger charge is 2.25. The number of rotatable bonds is 5. The fourth-order valence-electron chi connectivity index (χ4n) is 1.81. The minimum absolute atomic E-state index is 0.0728. The van der Waals surface area contributed by atoms with E-state index in [4.69, 9.17) is 5.11 Å². The molecule has 0 saturated heterocycles. The van der Waals surface area contributed by atoms with E-state index in [1.54, 1.807) is 0 Å². The Balaban J connectivity index is 4.16. The standard InChI is InChI=1S/C12H23NO2/c1-9(10(14)15)7-13-12(5,6)8-11(2,3)4/h13H,1,7-8H2,2-6H3,(H,14,15). The van der Waals surface area contributed by atoms with Crippen LogP contribution in [-0.2, 0) is 4.79 Å². The zero-order valence-corrected chi connectivity index (χ0v) is 10.5. The first-order valence-electron chi connectivity index (χ1n) is 5.20. The molecule has 0 atom stereocenters. The van der Waals surface area contributed by atoms with E-state index >= 15 is 0 Å². The summed E-state index contributed by atoms with van der Waals surface area (Å²) < 4.78 is 0. The Kier molecular flexibility index (Phi) is 4.53. The van der Waals surface area contributed by atoms with E-state index in [1.165, 1.54) is 0 Å². The van der Waals surface area contributed by atoms with Crippen molar-refractivity contribution in [3.05, 3.63) is 12.2 Å². The Hall–Kier alpha value is -0.830. The highest BCUT2D eigenvalue weighted by Crippen LogP contribution is 2.26. The Morgan fingerprint density at radius 3 is 2.07 bits per heavy atom. The second kappa shape index (κ2) is 4.79. The van der Waals surface area contributed by atoms with Gasteiger partial charge in [0.1, 0.15) is 0 Å². The van der Waals surface area contributed by atoms with E-state index in [0.29, 0.717) is 6.54 Å². The summed E-state index contributed by atoms with van der Waals surface area (Å²) in [6.07, 6.45) is 0.979. The topological polar surface area (TPSA) is 49.3 Å². The number of carboxylic acid groups (broad SMARTS) is 1. The maximum atomic E-state index is 10.6. The van der Waals surface area contributed by atoms with E-state index in [9.17, 15) is 4.79 Å². The Morgan fingerprint density at radius 2 is 1.73 bits per heavy atom. The summed E-state index contributed by atoms with van der Waals surface area (Å²) >= 11 is 0. The molecule has 0 aliphatic heterocycles. The second-order valence-corrected chi connectivity index (χ2v) is 5.88. The molecule has 3 nitrogen and oxygen atoms in total. The molecule has 0 spiro atoms. The van der Waals surface area contributed by atoms with Crippen molar-refractivity contribution in [3.63, 3.8) is 0 Å². The predicted molar refractivity (Wildman–Crippen MR) is 62.9 cm³/mol. The van der Waals surface area contributed by atoms with Crippen molar-refractivity contribution < 1.29 is 9.90 Å². The van der Waals surface area contributed by atoms with Gasteiger partial charge >= 0.3 is 5.97 Å². The van der Waals surface area contributed by atoms with E-state index in [2.05, 4.69) is 46.5 Å². The van der Waals surface area contributed by atoms with Crippen LogP contribution >= 0.6 is 0 Å². The number of hydrogen-bond acceptors (Lipinski definition) is 2. The number of hydrogen-bond donors (Lipinski definition) is 2. The monoisotopic (exact) mass is 213 g/mol. The van der Waals surface area contributed by atoms with Crippen LogP contribution in [-0.4, -0.2) is 23.2 Å². The number of aliphatic carboxylic acids is 1. The normalized spacial score (nSPS) is 12.6.